The third kappa shape index (κ3) is 7.25. The fourth-order valence-electron chi connectivity index (χ4n) is 5.21. The predicted octanol–water partition coefficient (Wildman–Crippen LogP) is 4.39. The molecule has 4 rings (SSSR count). The first-order chi connectivity index (χ1) is 18.1. The molecular weight excluding hydrogens is 464 g/mol. The molecule has 0 radical (unpaired) electrons. The number of hydrogen-bond donors (Lipinski definition) is 0. The molecule has 7 heteroatoms. The highest BCUT2D eigenvalue weighted by Gasteiger charge is 2.23. The fraction of sp³-hybridized carbons (Fsp3) is 0.533. The minimum Gasteiger partial charge on any atom is -0.494 e. The van der Waals surface area contributed by atoms with Crippen molar-refractivity contribution in [2.75, 3.05) is 70.4 Å². The van der Waals surface area contributed by atoms with E-state index in [1.807, 2.05) is 18.7 Å². The van der Waals surface area contributed by atoms with Crippen LogP contribution in [0.2, 0.25) is 0 Å². The van der Waals surface area contributed by atoms with Crippen LogP contribution >= 0.6 is 0 Å². The lowest BCUT2D eigenvalue weighted by Gasteiger charge is -2.36. The van der Waals surface area contributed by atoms with Crippen LogP contribution in [0.25, 0.3) is 0 Å². The van der Waals surface area contributed by atoms with E-state index >= 15 is 0 Å². The summed E-state index contributed by atoms with van der Waals surface area (Å²) in [6.07, 6.45) is 5.10. The first-order valence-electron chi connectivity index (χ1n) is 14.0. The summed E-state index contributed by atoms with van der Waals surface area (Å²) in [7, 11) is 0. The van der Waals surface area contributed by atoms with Gasteiger partial charge in [-0.3, -0.25) is 9.59 Å². The maximum absolute atomic E-state index is 13.0. The van der Waals surface area contributed by atoms with Crippen molar-refractivity contribution in [1.82, 2.24) is 14.7 Å². The van der Waals surface area contributed by atoms with Crippen molar-refractivity contribution in [1.29, 1.82) is 0 Å². The number of hydrogen-bond acceptors (Lipinski definition) is 5. The number of piperazine rings is 1. The number of anilines is 1. The lowest BCUT2D eigenvalue weighted by molar-refractivity contribution is 0.0742. The van der Waals surface area contributed by atoms with Gasteiger partial charge < -0.3 is 24.3 Å². The molecule has 2 amide bonds. The summed E-state index contributed by atoms with van der Waals surface area (Å²) in [6.45, 7) is 12.6. The van der Waals surface area contributed by atoms with Crippen molar-refractivity contribution >= 4 is 17.5 Å². The van der Waals surface area contributed by atoms with Crippen LogP contribution in [0.5, 0.6) is 5.75 Å². The topological polar surface area (TPSA) is 56.3 Å². The molecule has 0 N–H and O–H groups in total. The first kappa shape index (κ1) is 27.0. The maximum Gasteiger partial charge on any atom is 0.253 e. The molecule has 0 aromatic heterocycles. The van der Waals surface area contributed by atoms with Gasteiger partial charge in [0.1, 0.15) is 5.75 Å². The van der Waals surface area contributed by atoms with Crippen LogP contribution in [-0.4, -0.2) is 92.0 Å². The van der Waals surface area contributed by atoms with Gasteiger partial charge in [0.15, 0.2) is 0 Å². The van der Waals surface area contributed by atoms with E-state index in [4.69, 9.17) is 4.74 Å². The summed E-state index contributed by atoms with van der Waals surface area (Å²) < 4.78 is 5.96. The van der Waals surface area contributed by atoms with E-state index in [0.717, 1.165) is 44.1 Å². The van der Waals surface area contributed by atoms with Gasteiger partial charge in [-0.25, -0.2) is 0 Å². The molecule has 2 aliphatic rings. The van der Waals surface area contributed by atoms with Gasteiger partial charge in [0.05, 0.1) is 6.61 Å². The molecule has 2 fully saturated rings. The third-order valence-corrected chi connectivity index (χ3v) is 7.53. The van der Waals surface area contributed by atoms with Gasteiger partial charge >= 0.3 is 0 Å². The molecule has 0 saturated carbocycles. The summed E-state index contributed by atoms with van der Waals surface area (Å²) in [6, 6.07) is 15.4. The number of rotatable bonds is 10. The Balaban J connectivity index is 1.21. The van der Waals surface area contributed by atoms with Gasteiger partial charge in [-0.1, -0.05) is 6.42 Å². The quantitative estimate of drug-likeness (QED) is 0.448. The van der Waals surface area contributed by atoms with E-state index in [1.54, 1.807) is 29.2 Å². The monoisotopic (exact) mass is 506 g/mol. The fourth-order valence-corrected chi connectivity index (χ4v) is 5.21. The molecule has 2 heterocycles. The van der Waals surface area contributed by atoms with E-state index in [2.05, 4.69) is 34.1 Å². The molecule has 2 aromatic rings. The second kappa shape index (κ2) is 13.5. The minimum absolute atomic E-state index is 0.00600. The number of likely N-dealkylation sites (tertiary alicyclic amines) is 1. The molecule has 2 aromatic carbocycles. The van der Waals surface area contributed by atoms with E-state index in [1.165, 1.54) is 32.4 Å². The van der Waals surface area contributed by atoms with Crippen molar-refractivity contribution in [2.45, 2.75) is 39.5 Å². The normalized spacial score (nSPS) is 16.5. The maximum atomic E-state index is 13.0. The van der Waals surface area contributed by atoms with E-state index < -0.39 is 0 Å². The van der Waals surface area contributed by atoms with Gasteiger partial charge in [-0.15, -0.1) is 0 Å². The zero-order valence-corrected chi connectivity index (χ0v) is 22.5. The summed E-state index contributed by atoms with van der Waals surface area (Å²) in [4.78, 5) is 34.1. The standard InChI is InChI=1S/C30H42N4O3/c1-3-32(4-2)29(35)25-9-11-26(12-10-25)30(36)34-22-20-33(21-23-34)27-13-15-28(16-14-27)37-24-8-19-31-17-6-5-7-18-31/h9-16H,3-8,17-24H2,1-2H3. The third-order valence-electron chi connectivity index (χ3n) is 7.53. The summed E-state index contributed by atoms with van der Waals surface area (Å²) in [5, 5.41) is 0. The molecule has 7 nitrogen and oxygen atoms in total. The number of amides is 2. The largest absolute Gasteiger partial charge is 0.494 e. The van der Waals surface area contributed by atoms with Gasteiger partial charge in [0, 0.05) is 62.6 Å². The Morgan fingerprint density at radius 1 is 0.784 bits per heavy atom. The van der Waals surface area contributed by atoms with Crippen LogP contribution in [0.3, 0.4) is 0 Å². The Bertz CT molecular complexity index is 990. The van der Waals surface area contributed by atoms with Crippen LogP contribution in [0.15, 0.2) is 48.5 Å². The molecule has 0 spiro atoms. The Labute approximate surface area is 222 Å². The molecule has 2 aliphatic heterocycles. The van der Waals surface area contributed by atoms with Crippen molar-refractivity contribution in [3.8, 4) is 5.75 Å². The van der Waals surface area contributed by atoms with Crippen molar-refractivity contribution < 1.29 is 14.3 Å². The molecule has 2 saturated heterocycles. The van der Waals surface area contributed by atoms with E-state index in [0.29, 0.717) is 37.3 Å². The highest BCUT2D eigenvalue weighted by molar-refractivity contribution is 5.98. The van der Waals surface area contributed by atoms with Crippen molar-refractivity contribution in [3.63, 3.8) is 0 Å². The molecule has 37 heavy (non-hydrogen) atoms. The van der Waals surface area contributed by atoms with Crippen LogP contribution in [0, 0.1) is 0 Å². The van der Waals surface area contributed by atoms with E-state index in [-0.39, 0.29) is 11.8 Å². The number of benzene rings is 2. The summed E-state index contributed by atoms with van der Waals surface area (Å²) in [5.74, 6) is 0.945. The highest BCUT2D eigenvalue weighted by Crippen LogP contribution is 2.22. The summed E-state index contributed by atoms with van der Waals surface area (Å²) >= 11 is 0. The molecule has 0 aliphatic carbocycles. The molecule has 0 atom stereocenters. The van der Waals surface area contributed by atoms with Crippen molar-refractivity contribution in [3.05, 3.63) is 59.7 Å². The number of nitrogens with zero attached hydrogens (tertiary/aromatic N) is 4. The Hall–Kier alpha value is -3.06. The lowest BCUT2D eigenvalue weighted by Crippen LogP contribution is -2.48. The predicted molar refractivity (Wildman–Crippen MR) is 149 cm³/mol. The molecule has 200 valence electrons. The molecule has 0 bridgehead atoms. The second-order valence-electron chi connectivity index (χ2n) is 9.93. The second-order valence-corrected chi connectivity index (χ2v) is 9.93. The zero-order valence-electron chi connectivity index (χ0n) is 22.5. The smallest absolute Gasteiger partial charge is 0.253 e. The average molecular weight is 507 g/mol. The van der Waals surface area contributed by atoms with Crippen LogP contribution in [0.1, 0.15) is 60.2 Å². The lowest BCUT2D eigenvalue weighted by atomic mass is 10.1. The van der Waals surface area contributed by atoms with E-state index in [9.17, 15) is 9.59 Å². The molecule has 0 unspecified atom stereocenters. The van der Waals surface area contributed by atoms with Crippen LogP contribution < -0.4 is 9.64 Å². The van der Waals surface area contributed by atoms with Crippen LogP contribution in [-0.2, 0) is 0 Å². The summed E-state index contributed by atoms with van der Waals surface area (Å²) in [5.41, 5.74) is 2.41. The SMILES string of the molecule is CCN(CC)C(=O)c1ccc(C(=O)N2CCN(c3ccc(OCCCN4CCCCC4)cc3)CC2)cc1. The average Bonchev–Trinajstić information content (AvgIpc) is 2.96. The van der Waals surface area contributed by atoms with Gasteiger partial charge in [-0.05, 0) is 94.7 Å². The number of carbonyl (C=O) groups excluding carboxylic acids is 2. The van der Waals surface area contributed by atoms with Crippen molar-refractivity contribution in [2.24, 2.45) is 0 Å². The zero-order chi connectivity index (χ0) is 26.0. The van der Waals surface area contributed by atoms with Crippen LogP contribution in [0.4, 0.5) is 5.69 Å². The first-order valence-corrected chi connectivity index (χ1v) is 14.0. The van der Waals surface area contributed by atoms with Gasteiger partial charge in [-0.2, -0.15) is 0 Å². The van der Waals surface area contributed by atoms with Gasteiger partial charge in [0.25, 0.3) is 11.8 Å². The Morgan fingerprint density at radius 2 is 1.41 bits per heavy atom. The highest BCUT2D eigenvalue weighted by atomic mass is 16.5. The van der Waals surface area contributed by atoms with Gasteiger partial charge in [0.2, 0.25) is 0 Å². The molecular formula is C30H42N4O3. The number of carbonyl (C=O) groups is 2. The number of ether oxygens (including phenoxy) is 1. The number of piperidine rings is 1. The Kier molecular flexibility index (Phi) is 9.83. The minimum atomic E-state index is 0.00600. The Morgan fingerprint density at radius 3 is 2.03 bits per heavy atom.